The fraction of sp³-hybridized carbons (Fsp3) is 1.00. The molecule has 1 spiro atoms. The van der Waals surface area contributed by atoms with Crippen molar-refractivity contribution < 1.29 is 4.74 Å². The van der Waals surface area contributed by atoms with E-state index in [4.69, 9.17) is 4.74 Å². The van der Waals surface area contributed by atoms with Crippen LogP contribution >= 0.6 is 0 Å². The first-order valence-electron chi connectivity index (χ1n) is 6.27. The number of ether oxygens (including phenoxy) is 1. The Bertz CT molecular complexity index is 168. The first-order chi connectivity index (χ1) is 6.85. The molecule has 82 valence electrons. The molecular weight excluding hydrogens is 174 g/mol. The molecule has 2 fully saturated rings. The van der Waals surface area contributed by atoms with E-state index in [0.29, 0.717) is 6.10 Å². The zero-order chi connectivity index (χ0) is 9.86. The molecule has 1 heterocycles. The second kappa shape index (κ2) is 4.63. The SMILES string of the molecule is CCCC1CCNC2(CCCCC2)O1. The predicted octanol–water partition coefficient (Wildman–Crippen LogP) is 2.83. The van der Waals surface area contributed by atoms with Crippen molar-refractivity contribution in [3.05, 3.63) is 0 Å². The van der Waals surface area contributed by atoms with E-state index in [0.717, 1.165) is 6.54 Å². The largest absolute Gasteiger partial charge is 0.357 e. The molecule has 1 atom stereocenters. The van der Waals surface area contributed by atoms with E-state index in [1.807, 2.05) is 0 Å². The Morgan fingerprint density at radius 3 is 2.79 bits per heavy atom. The van der Waals surface area contributed by atoms with Crippen LogP contribution in [0.3, 0.4) is 0 Å². The molecule has 0 radical (unpaired) electrons. The first kappa shape index (κ1) is 10.4. The van der Waals surface area contributed by atoms with Gasteiger partial charge in [0, 0.05) is 6.54 Å². The van der Waals surface area contributed by atoms with Crippen LogP contribution < -0.4 is 5.32 Å². The van der Waals surface area contributed by atoms with Gasteiger partial charge in [-0.25, -0.2) is 0 Å². The molecule has 14 heavy (non-hydrogen) atoms. The molecule has 1 N–H and O–H groups in total. The van der Waals surface area contributed by atoms with Gasteiger partial charge in [-0.1, -0.05) is 19.8 Å². The molecule has 0 bridgehead atoms. The average molecular weight is 197 g/mol. The van der Waals surface area contributed by atoms with Crippen molar-refractivity contribution >= 4 is 0 Å². The monoisotopic (exact) mass is 197 g/mol. The number of hydrogen-bond acceptors (Lipinski definition) is 2. The highest BCUT2D eigenvalue weighted by molar-refractivity contribution is 4.86. The highest BCUT2D eigenvalue weighted by Gasteiger charge is 2.37. The summed E-state index contributed by atoms with van der Waals surface area (Å²) in [7, 11) is 0. The highest BCUT2D eigenvalue weighted by atomic mass is 16.5. The summed E-state index contributed by atoms with van der Waals surface area (Å²) in [4.78, 5) is 0. The van der Waals surface area contributed by atoms with Gasteiger partial charge in [0.25, 0.3) is 0 Å². The molecule has 2 nitrogen and oxygen atoms in total. The lowest BCUT2D eigenvalue weighted by atomic mass is 9.89. The molecule has 1 aliphatic heterocycles. The second-order valence-corrected chi connectivity index (χ2v) is 4.80. The summed E-state index contributed by atoms with van der Waals surface area (Å²) in [6.07, 6.45) is 10.8. The molecule has 0 aromatic carbocycles. The van der Waals surface area contributed by atoms with Gasteiger partial charge in [-0.2, -0.15) is 0 Å². The summed E-state index contributed by atoms with van der Waals surface area (Å²) in [5.41, 5.74) is 0.0797. The summed E-state index contributed by atoms with van der Waals surface area (Å²) in [5, 5.41) is 3.60. The number of hydrogen-bond donors (Lipinski definition) is 1. The van der Waals surface area contributed by atoms with Gasteiger partial charge in [0.15, 0.2) is 0 Å². The third kappa shape index (κ3) is 2.29. The van der Waals surface area contributed by atoms with Crippen LogP contribution in [0.25, 0.3) is 0 Å². The summed E-state index contributed by atoms with van der Waals surface area (Å²) in [5.74, 6) is 0. The van der Waals surface area contributed by atoms with Crippen LogP contribution in [0.4, 0.5) is 0 Å². The van der Waals surface area contributed by atoms with Crippen molar-refractivity contribution in [3.8, 4) is 0 Å². The lowest BCUT2D eigenvalue weighted by Gasteiger charge is -2.44. The minimum Gasteiger partial charge on any atom is -0.357 e. The van der Waals surface area contributed by atoms with E-state index in [-0.39, 0.29) is 5.72 Å². The second-order valence-electron chi connectivity index (χ2n) is 4.80. The first-order valence-corrected chi connectivity index (χ1v) is 6.27. The van der Waals surface area contributed by atoms with Gasteiger partial charge < -0.3 is 4.74 Å². The fourth-order valence-corrected chi connectivity index (χ4v) is 2.82. The number of nitrogens with one attached hydrogen (secondary N) is 1. The average Bonchev–Trinajstić information content (AvgIpc) is 2.19. The van der Waals surface area contributed by atoms with Gasteiger partial charge in [0.2, 0.25) is 0 Å². The summed E-state index contributed by atoms with van der Waals surface area (Å²) in [6, 6.07) is 0. The quantitative estimate of drug-likeness (QED) is 0.735. The van der Waals surface area contributed by atoms with E-state index in [9.17, 15) is 0 Å². The Hall–Kier alpha value is -0.0800. The highest BCUT2D eigenvalue weighted by Crippen LogP contribution is 2.33. The van der Waals surface area contributed by atoms with Gasteiger partial charge in [-0.05, 0) is 38.5 Å². The third-order valence-electron chi connectivity index (χ3n) is 3.58. The summed E-state index contributed by atoms with van der Waals surface area (Å²) < 4.78 is 6.24. The molecule has 1 saturated carbocycles. The zero-order valence-corrected chi connectivity index (χ0v) is 9.35. The van der Waals surface area contributed by atoms with Crippen LogP contribution in [0.2, 0.25) is 0 Å². The van der Waals surface area contributed by atoms with E-state index in [1.165, 1.54) is 51.4 Å². The van der Waals surface area contributed by atoms with Crippen LogP contribution in [0, 0.1) is 0 Å². The Morgan fingerprint density at radius 2 is 2.07 bits per heavy atom. The molecule has 0 aromatic heterocycles. The van der Waals surface area contributed by atoms with Crippen LogP contribution in [0.1, 0.15) is 58.3 Å². The molecule has 1 saturated heterocycles. The van der Waals surface area contributed by atoms with Crippen LogP contribution in [0.15, 0.2) is 0 Å². The molecule has 2 heteroatoms. The summed E-state index contributed by atoms with van der Waals surface area (Å²) in [6.45, 7) is 3.41. The van der Waals surface area contributed by atoms with Crippen molar-refractivity contribution in [1.82, 2.24) is 5.32 Å². The Balaban J connectivity index is 1.91. The van der Waals surface area contributed by atoms with Gasteiger partial charge >= 0.3 is 0 Å². The standard InChI is InChI=1S/C12H23NO/c1-2-6-11-7-10-13-12(14-11)8-4-3-5-9-12/h11,13H,2-10H2,1H3. The maximum atomic E-state index is 6.24. The Labute approximate surface area is 87.4 Å². The summed E-state index contributed by atoms with van der Waals surface area (Å²) >= 11 is 0. The maximum absolute atomic E-state index is 6.24. The maximum Gasteiger partial charge on any atom is 0.119 e. The third-order valence-corrected chi connectivity index (χ3v) is 3.58. The van der Waals surface area contributed by atoms with Crippen molar-refractivity contribution in [2.45, 2.75) is 70.1 Å². The number of rotatable bonds is 2. The van der Waals surface area contributed by atoms with Crippen LogP contribution in [0.5, 0.6) is 0 Å². The molecule has 2 rings (SSSR count). The van der Waals surface area contributed by atoms with Gasteiger partial charge in [0.05, 0.1) is 6.10 Å². The van der Waals surface area contributed by atoms with E-state index in [1.54, 1.807) is 0 Å². The fourth-order valence-electron chi connectivity index (χ4n) is 2.82. The Kier molecular flexibility index (Phi) is 3.45. The smallest absolute Gasteiger partial charge is 0.119 e. The lowest BCUT2D eigenvalue weighted by Crippen LogP contribution is -2.55. The van der Waals surface area contributed by atoms with Crippen molar-refractivity contribution in [2.75, 3.05) is 6.54 Å². The molecule has 1 aliphatic carbocycles. The zero-order valence-electron chi connectivity index (χ0n) is 9.35. The predicted molar refractivity (Wildman–Crippen MR) is 58.2 cm³/mol. The van der Waals surface area contributed by atoms with Crippen molar-refractivity contribution in [1.29, 1.82) is 0 Å². The van der Waals surface area contributed by atoms with Gasteiger partial charge in [-0.3, -0.25) is 5.32 Å². The van der Waals surface area contributed by atoms with Gasteiger partial charge in [0.1, 0.15) is 5.72 Å². The molecular formula is C12H23NO. The van der Waals surface area contributed by atoms with E-state index in [2.05, 4.69) is 12.2 Å². The van der Waals surface area contributed by atoms with E-state index >= 15 is 0 Å². The normalized spacial score (nSPS) is 31.9. The molecule has 1 unspecified atom stereocenters. The Morgan fingerprint density at radius 1 is 1.29 bits per heavy atom. The van der Waals surface area contributed by atoms with Gasteiger partial charge in [-0.15, -0.1) is 0 Å². The van der Waals surface area contributed by atoms with Crippen LogP contribution in [-0.4, -0.2) is 18.4 Å². The van der Waals surface area contributed by atoms with Crippen molar-refractivity contribution in [3.63, 3.8) is 0 Å². The minimum atomic E-state index is 0.0797. The molecule has 0 amide bonds. The molecule has 0 aromatic rings. The topological polar surface area (TPSA) is 21.3 Å². The van der Waals surface area contributed by atoms with E-state index < -0.39 is 0 Å². The minimum absolute atomic E-state index is 0.0797. The van der Waals surface area contributed by atoms with Crippen LogP contribution in [-0.2, 0) is 4.74 Å². The molecule has 2 aliphatic rings. The lowest BCUT2D eigenvalue weighted by molar-refractivity contribution is -0.161. The van der Waals surface area contributed by atoms with Crippen molar-refractivity contribution in [2.24, 2.45) is 0 Å².